The van der Waals surface area contributed by atoms with E-state index in [2.05, 4.69) is 19.1 Å². The molecular weight excluding hydrogens is 368 g/mol. The van der Waals surface area contributed by atoms with Crippen molar-refractivity contribution in [3.05, 3.63) is 66.2 Å². The Labute approximate surface area is 170 Å². The predicted octanol–water partition coefficient (Wildman–Crippen LogP) is 5.49. The van der Waals surface area contributed by atoms with Gasteiger partial charge in [0.1, 0.15) is 0 Å². The fraction of sp³-hybridized carbons (Fsp3) is 0.500. The highest BCUT2D eigenvalue weighted by molar-refractivity contribution is 7.85. The molecule has 28 heavy (non-hydrogen) atoms. The fourth-order valence-corrected chi connectivity index (χ4v) is 5.91. The maximum Gasteiger partial charge on any atom is 0.184 e. The van der Waals surface area contributed by atoms with E-state index in [1.54, 1.807) is 0 Å². The van der Waals surface area contributed by atoms with E-state index in [1.165, 1.54) is 32.1 Å². The van der Waals surface area contributed by atoms with E-state index < -0.39 is 10.8 Å². The Morgan fingerprint density at radius 3 is 2.21 bits per heavy atom. The molecule has 1 heterocycles. The van der Waals surface area contributed by atoms with E-state index in [9.17, 15) is 4.21 Å². The van der Waals surface area contributed by atoms with E-state index in [1.807, 2.05) is 48.5 Å². The van der Waals surface area contributed by atoms with Crippen molar-refractivity contribution in [2.24, 2.45) is 11.8 Å². The highest BCUT2D eigenvalue weighted by Gasteiger charge is 2.42. The molecule has 4 heteroatoms. The normalized spacial score (nSPS) is 30.0. The Morgan fingerprint density at radius 2 is 1.54 bits per heavy atom. The van der Waals surface area contributed by atoms with Gasteiger partial charge in [0.15, 0.2) is 6.29 Å². The first-order chi connectivity index (χ1) is 13.7. The van der Waals surface area contributed by atoms with Gasteiger partial charge in [-0.2, -0.15) is 0 Å². The Balaban J connectivity index is 1.55. The largest absolute Gasteiger partial charge is 0.344 e. The van der Waals surface area contributed by atoms with Crippen LogP contribution in [0.3, 0.4) is 0 Å². The van der Waals surface area contributed by atoms with E-state index in [0.717, 1.165) is 10.5 Å². The van der Waals surface area contributed by atoms with E-state index in [4.69, 9.17) is 9.47 Å². The van der Waals surface area contributed by atoms with Gasteiger partial charge in [0.2, 0.25) is 0 Å². The molecule has 0 amide bonds. The molecule has 0 radical (unpaired) electrons. The molecule has 2 aromatic rings. The molecule has 2 aromatic carbocycles. The van der Waals surface area contributed by atoms with Crippen LogP contribution in [0.4, 0.5) is 0 Å². The van der Waals surface area contributed by atoms with Gasteiger partial charge in [-0.15, -0.1) is 0 Å². The molecule has 5 atom stereocenters. The van der Waals surface area contributed by atoms with Crippen LogP contribution < -0.4 is 0 Å². The minimum absolute atomic E-state index is 0.0769. The molecule has 0 spiro atoms. The Morgan fingerprint density at radius 1 is 0.893 bits per heavy atom. The standard InChI is InChI=1S/C24H30O3S/c1-18-22(17-28(25)21-15-9-4-10-16-21)26-24(20-13-7-3-8-14-20)27-23(18)19-11-5-2-6-12-19/h3-4,7-10,13-16,18-19,22-24H,2,5-6,11-12,17H2,1H3/t18-,22-,23-,24-,28?/m0/s1. The molecule has 0 N–H and O–H groups in total. The Hall–Kier alpha value is -1.49. The summed E-state index contributed by atoms with van der Waals surface area (Å²) in [5.41, 5.74) is 1.05. The van der Waals surface area contributed by atoms with Crippen LogP contribution in [0.2, 0.25) is 0 Å². The van der Waals surface area contributed by atoms with Gasteiger partial charge in [-0.3, -0.25) is 4.21 Å². The third kappa shape index (κ3) is 4.56. The maximum atomic E-state index is 13.0. The molecule has 1 saturated carbocycles. The summed E-state index contributed by atoms with van der Waals surface area (Å²) in [6.07, 6.45) is 6.07. The molecule has 2 fully saturated rings. The molecule has 150 valence electrons. The lowest BCUT2D eigenvalue weighted by Gasteiger charge is -2.44. The van der Waals surface area contributed by atoms with Gasteiger partial charge in [-0.1, -0.05) is 74.7 Å². The molecule has 1 saturated heterocycles. The maximum absolute atomic E-state index is 13.0. The van der Waals surface area contributed by atoms with Crippen LogP contribution in [0.1, 0.15) is 50.9 Å². The third-order valence-corrected chi connectivity index (χ3v) is 7.62. The Bertz CT molecular complexity index is 758. The molecule has 3 nitrogen and oxygen atoms in total. The molecular formula is C24H30O3S. The lowest BCUT2D eigenvalue weighted by atomic mass is 9.79. The SMILES string of the molecule is C[C@H]1[C@H](CS(=O)c2ccccc2)O[C@H](c2ccccc2)O[C@@H]1C1CCCCC1. The molecule has 1 aliphatic heterocycles. The second-order valence-corrected chi connectivity index (χ2v) is 9.60. The summed E-state index contributed by atoms with van der Waals surface area (Å²) in [4.78, 5) is 0.871. The van der Waals surface area contributed by atoms with Crippen molar-refractivity contribution < 1.29 is 13.7 Å². The number of rotatable bonds is 5. The van der Waals surface area contributed by atoms with Crippen molar-refractivity contribution >= 4 is 10.8 Å². The lowest BCUT2D eigenvalue weighted by Crippen LogP contribution is -2.47. The fourth-order valence-electron chi connectivity index (χ4n) is 4.57. The smallest absolute Gasteiger partial charge is 0.184 e. The summed E-state index contributed by atoms with van der Waals surface area (Å²) in [7, 11) is -1.07. The van der Waals surface area contributed by atoms with Gasteiger partial charge < -0.3 is 9.47 Å². The van der Waals surface area contributed by atoms with E-state index in [-0.39, 0.29) is 24.4 Å². The number of benzene rings is 2. The number of ether oxygens (including phenoxy) is 2. The highest BCUT2D eigenvalue weighted by atomic mass is 32.2. The Kier molecular flexibility index (Phi) is 6.61. The number of hydrogen-bond acceptors (Lipinski definition) is 3. The van der Waals surface area contributed by atoms with Crippen LogP contribution in [-0.2, 0) is 20.3 Å². The molecule has 0 aromatic heterocycles. The first-order valence-corrected chi connectivity index (χ1v) is 11.8. The minimum Gasteiger partial charge on any atom is -0.344 e. The monoisotopic (exact) mass is 398 g/mol. The summed E-state index contributed by atoms with van der Waals surface area (Å²) in [6.45, 7) is 2.22. The molecule has 4 rings (SSSR count). The highest BCUT2D eigenvalue weighted by Crippen LogP contribution is 2.41. The van der Waals surface area contributed by atoms with Crippen molar-refractivity contribution in [2.45, 2.75) is 62.4 Å². The van der Waals surface area contributed by atoms with Gasteiger partial charge in [0.05, 0.1) is 28.8 Å². The van der Waals surface area contributed by atoms with Crippen LogP contribution >= 0.6 is 0 Å². The lowest BCUT2D eigenvalue weighted by molar-refractivity contribution is -0.278. The van der Waals surface area contributed by atoms with E-state index in [0.29, 0.717) is 11.7 Å². The third-order valence-electron chi connectivity index (χ3n) is 6.19. The van der Waals surface area contributed by atoms with E-state index >= 15 is 0 Å². The quantitative estimate of drug-likeness (QED) is 0.668. The second-order valence-electron chi connectivity index (χ2n) is 8.10. The van der Waals surface area contributed by atoms with Crippen molar-refractivity contribution in [3.63, 3.8) is 0 Å². The van der Waals surface area contributed by atoms with Crippen LogP contribution in [0.5, 0.6) is 0 Å². The van der Waals surface area contributed by atoms with Crippen LogP contribution in [-0.4, -0.2) is 22.2 Å². The van der Waals surface area contributed by atoms with Gasteiger partial charge in [-0.05, 0) is 30.9 Å². The summed E-state index contributed by atoms with van der Waals surface area (Å²) in [5, 5.41) is 0. The summed E-state index contributed by atoms with van der Waals surface area (Å²) < 4.78 is 25.9. The summed E-state index contributed by atoms with van der Waals surface area (Å²) in [6, 6.07) is 19.9. The molecule has 1 aliphatic carbocycles. The first-order valence-electron chi connectivity index (χ1n) is 10.5. The predicted molar refractivity (Wildman–Crippen MR) is 112 cm³/mol. The zero-order chi connectivity index (χ0) is 19.3. The van der Waals surface area contributed by atoms with Crippen molar-refractivity contribution in [2.75, 3.05) is 5.75 Å². The molecule has 2 aliphatic rings. The first kappa shape index (κ1) is 19.8. The molecule has 1 unspecified atom stereocenters. The van der Waals surface area contributed by atoms with Crippen molar-refractivity contribution in [1.29, 1.82) is 0 Å². The van der Waals surface area contributed by atoms with Crippen LogP contribution in [0.15, 0.2) is 65.6 Å². The zero-order valence-electron chi connectivity index (χ0n) is 16.5. The average molecular weight is 399 g/mol. The van der Waals surface area contributed by atoms with Gasteiger partial charge in [0, 0.05) is 16.4 Å². The van der Waals surface area contributed by atoms with Gasteiger partial charge in [-0.25, -0.2) is 0 Å². The van der Waals surface area contributed by atoms with Gasteiger partial charge in [0.25, 0.3) is 0 Å². The second kappa shape index (κ2) is 9.34. The van der Waals surface area contributed by atoms with Crippen molar-refractivity contribution in [1.82, 2.24) is 0 Å². The molecule has 0 bridgehead atoms. The summed E-state index contributed by atoms with van der Waals surface area (Å²) >= 11 is 0. The van der Waals surface area contributed by atoms with Crippen LogP contribution in [0, 0.1) is 11.8 Å². The topological polar surface area (TPSA) is 35.5 Å². The average Bonchev–Trinajstić information content (AvgIpc) is 2.77. The van der Waals surface area contributed by atoms with Crippen LogP contribution in [0.25, 0.3) is 0 Å². The minimum atomic E-state index is -1.07. The summed E-state index contributed by atoms with van der Waals surface area (Å²) in [5.74, 6) is 1.32. The zero-order valence-corrected chi connectivity index (χ0v) is 17.4. The van der Waals surface area contributed by atoms with Crippen molar-refractivity contribution in [3.8, 4) is 0 Å². The number of hydrogen-bond donors (Lipinski definition) is 0. The van der Waals surface area contributed by atoms with Gasteiger partial charge >= 0.3 is 0 Å².